The topological polar surface area (TPSA) is 32.3 Å². The second-order valence-corrected chi connectivity index (χ2v) is 3.40. The second kappa shape index (κ2) is 3.01. The van der Waals surface area contributed by atoms with Gasteiger partial charge in [-0.25, -0.2) is 5.01 Å². The van der Waals surface area contributed by atoms with E-state index in [1.807, 2.05) is 27.8 Å². The van der Waals surface area contributed by atoms with Crippen LogP contribution >= 0.6 is 0 Å². The van der Waals surface area contributed by atoms with Crippen molar-refractivity contribution in [3.05, 3.63) is 0 Å². The van der Waals surface area contributed by atoms with Crippen LogP contribution in [0.2, 0.25) is 0 Å². The highest BCUT2D eigenvalue weighted by molar-refractivity contribution is 5.72. The van der Waals surface area contributed by atoms with Gasteiger partial charge in [0.25, 0.3) is 0 Å². The minimum Gasteiger partial charge on any atom is -0.289 e. The van der Waals surface area contributed by atoms with E-state index in [0.717, 1.165) is 0 Å². The Hall–Kier alpha value is -0.570. The van der Waals surface area contributed by atoms with Gasteiger partial charge in [-0.3, -0.25) is 10.2 Å². The lowest BCUT2D eigenvalue weighted by Gasteiger charge is -2.31. The Kier molecular flexibility index (Phi) is 2.84. The Labute approximate surface area is 62.4 Å². The van der Waals surface area contributed by atoms with Gasteiger partial charge in [0.15, 0.2) is 0 Å². The fourth-order valence-electron chi connectivity index (χ4n) is 0.404. The van der Waals surface area contributed by atoms with Gasteiger partial charge in [0.05, 0.1) is 0 Å². The Balaban J connectivity index is 3.85. The van der Waals surface area contributed by atoms with E-state index in [9.17, 15) is 4.79 Å². The minimum atomic E-state index is -0.0302. The van der Waals surface area contributed by atoms with Crippen LogP contribution in [-0.2, 0) is 4.79 Å². The SMILES string of the molecule is CC(=O)NN(C)C(C)(C)C. The zero-order valence-electron chi connectivity index (χ0n) is 7.36. The van der Waals surface area contributed by atoms with Gasteiger partial charge in [-0.15, -0.1) is 0 Å². The first kappa shape index (κ1) is 9.43. The zero-order chi connectivity index (χ0) is 8.36. The summed E-state index contributed by atoms with van der Waals surface area (Å²) < 4.78 is 0. The summed E-state index contributed by atoms with van der Waals surface area (Å²) in [6, 6.07) is 0. The van der Waals surface area contributed by atoms with Gasteiger partial charge in [-0.2, -0.15) is 0 Å². The van der Waals surface area contributed by atoms with Gasteiger partial charge < -0.3 is 0 Å². The van der Waals surface area contributed by atoms with Crippen LogP contribution in [0.5, 0.6) is 0 Å². The largest absolute Gasteiger partial charge is 0.289 e. The summed E-state index contributed by atoms with van der Waals surface area (Å²) in [6.07, 6.45) is 0. The first-order chi connectivity index (χ1) is 4.34. The molecule has 0 rings (SSSR count). The van der Waals surface area contributed by atoms with Crippen molar-refractivity contribution >= 4 is 5.91 Å². The molecule has 1 N–H and O–H groups in total. The highest BCUT2D eigenvalue weighted by Gasteiger charge is 2.16. The van der Waals surface area contributed by atoms with Crippen LogP contribution < -0.4 is 5.43 Å². The van der Waals surface area contributed by atoms with Crippen molar-refractivity contribution in [2.45, 2.75) is 33.2 Å². The molecule has 1 amide bonds. The maximum atomic E-state index is 10.5. The lowest BCUT2D eigenvalue weighted by molar-refractivity contribution is -0.125. The number of hydrazine groups is 1. The van der Waals surface area contributed by atoms with Crippen molar-refractivity contribution in [1.82, 2.24) is 10.4 Å². The molecular weight excluding hydrogens is 128 g/mol. The molecule has 0 aliphatic carbocycles. The molecule has 0 radical (unpaired) electrons. The summed E-state index contributed by atoms with van der Waals surface area (Å²) in [5, 5.41) is 1.79. The summed E-state index contributed by atoms with van der Waals surface area (Å²) in [4.78, 5) is 10.5. The Morgan fingerprint density at radius 1 is 1.40 bits per heavy atom. The summed E-state index contributed by atoms with van der Waals surface area (Å²) in [6.45, 7) is 7.59. The molecule has 0 aromatic rings. The third-order valence-electron chi connectivity index (χ3n) is 1.33. The van der Waals surface area contributed by atoms with Crippen LogP contribution in [-0.4, -0.2) is 23.5 Å². The average Bonchev–Trinajstić information content (AvgIpc) is 1.60. The number of rotatable bonds is 1. The van der Waals surface area contributed by atoms with Gasteiger partial charge in [0.2, 0.25) is 5.91 Å². The first-order valence-corrected chi connectivity index (χ1v) is 3.35. The molecule has 0 aliphatic rings. The summed E-state index contributed by atoms with van der Waals surface area (Å²) in [5.41, 5.74) is 2.67. The third-order valence-corrected chi connectivity index (χ3v) is 1.33. The van der Waals surface area contributed by atoms with E-state index in [0.29, 0.717) is 0 Å². The third kappa shape index (κ3) is 3.45. The fraction of sp³-hybridized carbons (Fsp3) is 0.857. The number of amides is 1. The molecule has 0 unspecified atom stereocenters. The lowest BCUT2D eigenvalue weighted by atomic mass is 10.1. The molecule has 0 aromatic carbocycles. The highest BCUT2D eigenvalue weighted by atomic mass is 16.2. The Morgan fingerprint density at radius 3 is 1.90 bits per heavy atom. The summed E-state index contributed by atoms with van der Waals surface area (Å²) in [5.74, 6) is -0.0302. The van der Waals surface area contributed by atoms with E-state index >= 15 is 0 Å². The molecule has 0 fully saturated rings. The number of nitrogens with one attached hydrogen (secondary N) is 1. The maximum Gasteiger partial charge on any atom is 0.231 e. The van der Waals surface area contributed by atoms with Crippen LogP contribution in [0, 0.1) is 0 Å². The highest BCUT2D eigenvalue weighted by Crippen LogP contribution is 2.06. The fourth-order valence-corrected chi connectivity index (χ4v) is 0.404. The monoisotopic (exact) mass is 144 g/mol. The molecule has 10 heavy (non-hydrogen) atoms. The molecule has 0 bridgehead atoms. The van der Waals surface area contributed by atoms with Crippen LogP contribution in [0.3, 0.4) is 0 Å². The van der Waals surface area contributed by atoms with Crippen molar-refractivity contribution in [3.8, 4) is 0 Å². The van der Waals surface area contributed by atoms with E-state index in [1.54, 1.807) is 5.01 Å². The van der Waals surface area contributed by atoms with Crippen molar-refractivity contribution in [1.29, 1.82) is 0 Å². The summed E-state index contributed by atoms with van der Waals surface area (Å²) >= 11 is 0. The van der Waals surface area contributed by atoms with Crippen LogP contribution in [0.25, 0.3) is 0 Å². The molecular formula is C7H16N2O. The van der Waals surface area contributed by atoms with E-state index in [4.69, 9.17) is 0 Å². The predicted molar refractivity (Wildman–Crippen MR) is 41.3 cm³/mol. The predicted octanol–water partition coefficient (Wildman–Crippen LogP) is 0.768. The molecule has 0 heterocycles. The standard InChI is InChI=1S/C7H16N2O/c1-6(10)8-9(5)7(2,3)4/h1-5H3,(H,8,10). The van der Waals surface area contributed by atoms with Crippen LogP contribution in [0.15, 0.2) is 0 Å². The van der Waals surface area contributed by atoms with Gasteiger partial charge >= 0.3 is 0 Å². The number of hydrogen-bond donors (Lipinski definition) is 1. The second-order valence-electron chi connectivity index (χ2n) is 3.40. The van der Waals surface area contributed by atoms with Gasteiger partial charge in [0.1, 0.15) is 0 Å². The van der Waals surface area contributed by atoms with E-state index in [2.05, 4.69) is 5.43 Å². The minimum absolute atomic E-state index is 0.00826. The number of nitrogens with zero attached hydrogens (tertiary/aromatic N) is 1. The number of carbonyl (C=O) groups is 1. The molecule has 0 saturated carbocycles. The molecule has 3 heteroatoms. The smallest absolute Gasteiger partial charge is 0.231 e. The molecule has 0 atom stereocenters. The normalized spacial score (nSPS) is 11.8. The molecule has 0 aliphatic heterocycles. The average molecular weight is 144 g/mol. The molecule has 0 aromatic heterocycles. The lowest BCUT2D eigenvalue weighted by Crippen LogP contribution is -2.49. The van der Waals surface area contributed by atoms with Crippen molar-refractivity contribution in [2.24, 2.45) is 0 Å². The molecule has 0 saturated heterocycles. The van der Waals surface area contributed by atoms with Crippen molar-refractivity contribution in [2.75, 3.05) is 7.05 Å². The van der Waals surface area contributed by atoms with Gasteiger partial charge in [0, 0.05) is 19.5 Å². The number of hydrogen-bond acceptors (Lipinski definition) is 2. The van der Waals surface area contributed by atoms with E-state index < -0.39 is 0 Å². The van der Waals surface area contributed by atoms with Crippen molar-refractivity contribution in [3.63, 3.8) is 0 Å². The zero-order valence-corrected chi connectivity index (χ0v) is 7.36. The molecule has 3 nitrogen and oxygen atoms in total. The van der Waals surface area contributed by atoms with Gasteiger partial charge in [-0.1, -0.05) is 0 Å². The maximum absolute atomic E-state index is 10.5. The summed E-state index contributed by atoms with van der Waals surface area (Å²) in [7, 11) is 1.85. The van der Waals surface area contributed by atoms with Crippen LogP contribution in [0.4, 0.5) is 0 Å². The molecule has 0 spiro atoms. The van der Waals surface area contributed by atoms with Crippen LogP contribution in [0.1, 0.15) is 27.7 Å². The quantitative estimate of drug-likeness (QED) is 0.551. The molecule has 60 valence electrons. The van der Waals surface area contributed by atoms with E-state index in [-0.39, 0.29) is 11.4 Å². The number of carbonyl (C=O) groups excluding carboxylic acids is 1. The van der Waals surface area contributed by atoms with Gasteiger partial charge in [-0.05, 0) is 20.8 Å². The first-order valence-electron chi connectivity index (χ1n) is 3.35. The van der Waals surface area contributed by atoms with E-state index in [1.165, 1.54) is 6.92 Å². The Bertz CT molecular complexity index is 126. The Morgan fingerprint density at radius 2 is 1.80 bits per heavy atom. The van der Waals surface area contributed by atoms with Crippen molar-refractivity contribution < 1.29 is 4.79 Å².